The molecule has 0 saturated carbocycles. The molecule has 0 heterocycles. The minimum absolute atomic E-state index is 0.166. The second kappa shape index (κ2) is 5.78. The molecule has 0 aliphatic heterocycles. The summed E-state index contributed by atoms with van der Waals surface area (Å²) in [5, 5.41) is 0. The summed E-state index contributed by atoms with van der Waals surface area (Å²) in [6, 6.07) is 9.85. The van der Waals surface area contributed by atoms with E-state index in [1.54, 1.807) is 0 Å². The van der Waals surface area contributed by atoms with E-state index in [2.05, 4.69) is 6.08 Å². The number of hydrogen-bond acceptors (Lipinski definition) is 2. The topological polar surface area (TPSA) is 43.1 Å². The van der Waals surface area contributed by atoms with Crippen LogP contribution in [-0.4, -0.2) is 12.3 Å². The lowest BCUT2D eigenvalue weighted by atomic mass is 9.86. The Morgan fingerprint density at radius 1 is 1.24 bits per heavy atom. The van der Waals surface area contributed by atoms with Crippen LogP contribution in [0.3, 0.4) is 0 Å². The van der Waals surface area contributed by atoms with Gasteiger partial charge in [-0.1, -0.05) is 36.4 Å². The molecule has 0 fully saturated rings. The molecule has 17 heavy (non-hydrogen) atoms. The van der Waals surface area contributed by atoms with E-state index in [1.807, 2.05) is 30.3 Å². The lowest BCUT2D eigenvalue weighted by molar-refractivity contribution is -0.117. The fourth-order valence-corrected chi connectivity index (χ4v) is 2.37. The molecule has 1 aliphatic rings. The van der Waals surface area contributed by atoms with Gasteiger partial charge in [-0.15, -0.1) is 0 Å². The standard InChI is InChI=1S/C15H19NO/c16-11-14(12-7-3-1-4-8-12)15(17)13-9-5-2-6-10-13/h1,3-4,7-9,14H,2,5-6,10-11,16H2. The van der Waals surface area contributed by atoms with Crippen LogP contribution >= 0.6 is 0 Å². The fourth-order valence-electron chi connectivity index (χ4n) is 2.37. The van der Waals surface area contributed by atoms with E-state index in [4.69, 9.17) is 5.73 Å². The van der Waals surface area contributed by atoms with Crippen molar-refractivity contribution in [2.45, 2.75) is 31.6 Å². The van der Waals surface area contributed by atoms with Crippen LogP contribution in [0.4, 0.5) is 0 Å². The first kappa shape index (κ1) is 12.1. The molecule has 2 rings (SSSR count). The Labute approximate surface area is 103 Å². The summed E-state index contributed by atoms with van der Waals surface area (Å²) in [6.45, 7) is 0.389. The number of ketones is 1. The molecule has 0 radical (unpaired) electrons. The molecule has 0 amide bonds. The molecular formula is C15H19NO. The number of allylic oxidation sites excluding steroid dienone is 2. The molecule has 0 spiro atoms. The van der Waals surface area contributed by atoms with E-state index in [0.29, 0.717) is 6.54 Å². The zero-order valence-electron chi connectivity index (χ0n) is 10.1. The predicted molar refractivity (Wildman–Crippen MR) is 69.8 cm³/mol. The van der Waals surface area contributed by atoms with E-state index in [-0.39, 0.29) is 11.7 Å². The molecule has 1 aliphatic carbocycles. The molecule has 1 aromatic rings. The van der Waals surface area contributed by atoms with Crippen molar-refractivity contribution in [2.24, 2.45) is 5.73 Å². The summed E-state index contributed by atoms with van der Waals surface area (Å²) in [5.41, 5.74) is 7.78. The van der Waals surface area contributed by atoms with Gasteiger partial charge in [-0.3, -0.25) is 4.79 Å². The number of hydrogen-bond donors (Lipinski definition) is 1. The number of nitrogens with two attached hydrogens (primary N) is 1. The van der Waals surface area contributed by atoms with Gasteiger partial charge in [-0.25, -0.2) is 0 Å². The summed E-state index contributed by atoms with van der Waals surface area (Å²) < 4.78 is 0. The maximum atomic E-state index is 12.4. The summed E-state index contributed by atoms with van der Waals surface area (Å²) in [7, 11) is 0. The fraction of sp³-hybridized carbons (Fsp3) is 0.400. The second-order valence-corrected chi connectivity index (χ2v) is 4.54. The van der Waals surface area contributed by atoms with Gasteiger partial charge < -0.3 is 5.73 Å². The minimum Gasteiger partial charge on any atom is -0.329 e. The third-order valence-electron chi connectivity index (χ3n) is 3.36. The quantitative estimate of drug-likeness (QED) is 0.862. The zero-order chi connectivity index (χ0) is 12.1. The van der Waals surface area contributed by atoms with Crippen molar-refractivity contribution in [1.29, 1.82) is 0 Å². The van der Waals surface area contributed by atoms with Crippen molar-refractivity contribution in [1.82, 2.24) is 0 Å². The summed E-state index contributed by atoms with van der Waals surface area (Å²) in [5.74, 6) is 0.0546. The van der Waals surface area contributed by atoms with Gasteiger partial charge in [0.05, 0.1) is 5.92 Å². The van der Waals surface area contributed by atoms with Crippen molar-refractivity contribution in [3.8, 4) is 0 Å². The Bertz CT molecular complexity index is 408. The number of carbonyl (C=O) groups excluding carboxylic acids is 1. The van der Waals surface area contributed by atoms with E-state index < -0.39 is 0 Å². The molecule has 2 heteroatoms. The van der Waals surface area contributed by atoms with Gasteiger partial charge in [0.25, 0.3) is 0 Å². The maximum absolute atomic E-state index is 12.4. The minimum atomic E-state index is -0.166. The van der Waals surface area contributed by atoms with Gasteiger partial charge in [0.2, 0.25) is 0 Å². The van der Waals surface area contributed by atoms with Crippen LogP contribution in [0.1, 0.15) is 37.2 Å². The van der Waals surface area contributed by atoms with Gasteiger partial charge in [0, 0.05) is 6.54 Å². The van der Waals surface area contributed by atoms with E-state index in [1.165, 1.54) is 6.42 Å². The molecule has 2 N–H and O–H groups in total. The van der Waals surface area contributed by atoms with Crippen LogP contribution < -0.4 is 5.73 Å². The van der Waals surface area contributed by atoms with Gasteiger partial charge in [-0.05, 0) is 36.8 Å². The molecule has 1 aromatic carbocycles. The molecule has 0 aromatic heterocycles. The van der Waals surface area contributed by atoms with Crippen LogP contribution in [0.5, 0.6) is 0 Å². The highest BCUT2D eigenvalue weighted by atomic mass is 16.1. The highest BCUT2D eigenvalue weighted by Gasteiger charge is 2.22. The first-order valence-corrected chi connectivity index (χ1v) is 6.31. The molecule has 0 saturated heterocycles. The van der Waals surface area contributed by atoms with Crippen LogP contribution in [0.15, 0.2) is 42.0 Å². The van der Waals surface area contributed by atoms with Gasteiger partial charge in [-0.2, -0.15) is 0 Å². The summed E-state index contributed by atoms with van der Waals surface area (Å²) >= 11 is 0. The summed E-state index contributed by atoms with van der Waals surface area (Å²) in [6.07, 6.45) is 6.38. The number of rotatable bonds is 4. The third-order valence-corrected chi connectivity index (χ3v) is 3.36. The van der Waals surface area contributed by atoms with Crippen LogP contribution in [0.2, 0.25) is 0 Å². The Balaban J connectivity index is 2.19. The lowest BCUT2D eigenvalue weighted by Gasteiger charge is -2.18. The third kappa shape index (κ3) is 2.83. The Morgan fingerprint density at radius 2 is 2.00 bits per heavy atom. The van der Waals surface area contributed by atoms with E-state index in [0.717, 1.165) is 30.4 Å². The van der Waals surface area contributed by atoms with Gasteiger partial charge >= 0.3 is 0 Å². The second-order valence-electron chi connectivity index (χ2n) is 4.54. The smallest absolute Gasteiger partial charge is 0.167 e. The summed E-state index contributed by atoms with van der Waals surface area (Å²) in [4.78, 5) is 12.4. The molecule has 1 unspecified atom stereocenters. The van der Waals surface area contributed by atoms with Crippen molar-refractivity contribution in [3.63, 3.8) is 0 Å². The highest BCUT2D eigenvalue weighted by molar-refractivity contribution is 6.00. The highest BCUT2D eigenvalue weighted by Crippen LogP contribution is 2.25. The molecule has 2 nitrogen and oxygen atoms in total. The largest absolute Gasteiger partial charge is 0.329 e. The van der Waals surface area contributed by atoms with Gasteiger partial charge in [0.1, 0.15) is 0 Å². The van der Waals surface area contributed by atoms with Crippen molar-refractivity contribution in [3.05, 3.63) is 47.5 Å². The van der Waals surface area contributed by atoms with Crippen molar-refractivity contribution >= 4 is 5.78 Å². The normalized spacial score (nSPS) is 17.4. The first-order chi connectivity index (χ1) is 8.33. The molecule has 90 valence electrons. The van der Waals surface area contributed by atoms with Gasteiger partial charge in [0.15, 0.2) is 5.78 Å². The number of carbonyl (C=O) groups is 1. The van der Waals surface area contributed by atoms with Crippen molar-refractivity contribution in [2.75, 3.05) is 6.54 Å². The predicted octanol–water partition coefficient (Wildman–Crippen LogP) is 2.80. The molecule has 1 atom stereocenters. The van der Waals surface area contributed by atoms with Crippen molar-refractivity contribution < 1.29 is 4.79 Å². The number of Topliss-reactive ketones (excluding diaryl/α,β-unsaturated/α-hetero) is 1. The molecule has 0 bridgehead atoms. The van der Waals surface area contributed by atoms with Crippen LogP contribution in [-0.2, 0) is 4.79 Å². The Morgan fingerprint density at radius 3 is 2.59 bits per heavy atom. The van der Waals surface area contributed by atoms with E-state index in [9.17, 15) is 4.79 Å². The SMILES string of the molecule is NCC(C(=O)C1=CCCCC1)c1ccccc1. The van der Waals surface area contributed by atoms with Crippen LogP contribution in [0, 0.1) is 0 Å². The lowest BCUT2D eigenvalue weighted by Crippen LogP contribution is -2.23. The number of benzene rings is 1. The maximum Gasteiger partial charge on any atom is 0.167 e. The van der Waals surface area contributed by atoms with Crippen LogP contribution in [0.25, 0.3) is 0 Å². The average molecular weight is 229 g/mol. The first-order valence-electron chi connectivity index (χ1n) is 6.31. The molecular weight excluding hydrogens is 210 g/mol. The Kier molecular flexibility index (Phi) is 4.10. The average Bonchev–Trinajstić information content (AvgIpc) is 2.42. The monoisotopic (exact) mass is 229 g/mol. The zero-order valence-corrected chi connectivity index (χ0v) is 10.1. The van der Waals surface area contributed by atoms with E-state index >= 15 is 0 Å². The Hall–Kier alpha value is -1.41.